The number of hydrogen-bond acceptors (Lipinski definition) is 14. The molecule has 23 heteroatoms. The average molecular weight is 1070 g/mol. The van der Waals surface area contributed by atoms with Crippen molar-refractivity contribution in [2.75, 3.05) is 112 Å². The van der Waals surface area contributed by atoms with Crippen LogP contribution < -0.4 is 39.4 Å². The molecule has 16 nitrogen and oxygen atoms in total. The van der Waals surface area contributed by atoms with Crippen molar-refractivity contribution in [1.29, 1.82) is 0 Å². The second-order valence-electron chi connectivity index (χ2n) is 17.7. The molecule has 0 aliphatic carbocycles. The van der Waals surface area contributed by atoms with Crippen LogP contribution in [0.15, 0.2) is 91.0 Å². The molecule has 2 fully saturated rings. The fourth-order valence-electron chi connectivity index (χ4n) is 8.58. The molecule has 2 aromatic heterocycles. The molecule has 2 aliphatic rings. The predicted molar refractivity (Wildman–Crippen MR) is 273 cm³/mol. The van der Waals surface area contributed by atoms with Crippen LogP contribution in [-0.4, -0.2) is 146 Å². The molecule has 0 bridgehead atoms. The summed E-state index contributed by atoms with van der Waals surface area (Å²) in [6, 6.07) is 23.0. The Kier molecular flexibility index (Phi) is 19.1. The summed E-state index contributed by atoms with van der Waals surface area (Å²) >= 11 is 5.96. The lowest BCUT2D eigenvalue weighted by molar-refractivity contribution is -0.275. The molecular formula is C52H57ClF6N8O8. The average Bonchev–Trinajstić information content (AvgIpc) is 3.74. The summed E-state index contributed by atoms with van der Waals surface area (Å²) in [6.07, 6.45) is -7.62. The number of anilines is 4. The largest absolute Gasteiger partial charge is 0.573 e. The number of nitrogens with one attached hydrogen (secondary N) is 2. The molecule has 4 heterocycles. The van der Waals surface area contributed by atoms with Gasteiger partial charge in [-0.3, -0.25) is 19.4 Å². The number of amides is 2. The van der Waals surface area contributed by atoms with Gasteiger partial charge in [0.1, 0.15) is 34.6 Å². The van der Waals surface area contributed by atoms with Gasteiger partial charge in [-0.15, -0.1) is 26.3 Å². The van der Waals surface area contributed by atoms with Crippen molar-refractivity contribution in [3.63, 3.8) is 0 Å². The van der Waals surface area contributed by atoms with Gasteiger partial charge in [-0.1, -0.05) is 11.6 Å². The molecule has 4 aromatic carbocycles. The highest BCUT2D eigenvalue weighted by molar-refractivity contribution is 6.32. The molecule has 75 heavy (non-hydrogen) atoms. The number of aliphatic hydroxyl groups excluding tert-OH is 2. The number of pyridine rings is 2. The number of nitrogens with zero attached hydrogens (tertiary/aromatic N) is 6. The summed E-state index contributed by atoms with van der Waals surface area (Å²) in [5.74, 6) is 0.375. The van der Waals surface area contributed by atoms with Gasteiger partial charge in [0.25, 0.3) is 11.8 Å². The maximum atomic E-state index is 12.4. The van der Waals surface area contributed by atoms with E-state index in [1.807, 2.05) is 50.2 Å². The van der Waals surface area contributed by atoms with E-state index in [-0.39, 0.29) is 42.1 Å². The number of hydrogen-bond donors (Lipinski definition) is 4. The minimum Gasteiger partial charge on any atom is -0.484 e. The van der Waals surface area contributed by atoms with Crippen molar-refractivity contribution < 1.29 is 65.1 Å². The highest BCUT2D eigenvalue weighted by Crippen LogP contribution is 2.33. The Labute approximate surface area is 433 Å². The first kappa shape index (κ1) is 55.9. The molecule has 0 saturated carbocycles. The lowest BCUT2D eigenvalue weighted by Gasteiger charge is -2.23. The third kappa shape index (κ3) is 16.8. The van der Waals surface area contributed by atoms with Gasteiger partial charge in [0, 0.05) is 80.6 Å². The van der Waals surface area contributed by atoms with Crippen LogP contribution in [0.25, 0.3) is 21.8 Å². The van der Waals surface area contributed by atoms with Gasteiger partial charge < -0.3 is 49.6 Å². The van der Waals surface area contributed by atoms with E-state index in [1.54, 1.807) is 12.1 Å². The fourth-order valence-corrected chi connectivity index (χ4v) is 8.81. The van der Waals surface area contributed by atoms with Crippen LogP contribution >= 0.6 is 11.6 Å². The van der Waals surface area contributed by atoms with Crippen molar-refractivity contribution >= 4 is 68.2 Å². The number of ether oxygens (including phenoxy) is 4. The zero-order valence-electron chi connectivity index (χ0n) is 41.1. The second-order valence-corrected chi connectivity index (χ2v) is 18.1. The normalized spacial score (nSPS) is 14.9. The van der Waals surface area contributed by atoms with E-state index in [2.05, 4.69) is 39.7 Å². The van der Waals surface area contributed by atoms with Gasteiger partial charge in [0.15, 0.2) is 13.2 Å². The summed E-state index contributed by atoms with van der Waals surface area (Å²) < 4.78 is 92.2. The Bertz CT molecular complexity index is 2900. The lowest BCUT2D eigenvalue weighted by atomic mass is 10.1. The van der Waals surface area contributed by atoms with Crippen molar-refractivity contribution in [3.05, 3.63) is 107 Å². The Hall–Kier alpha value is -6.85. The predicted octanol–water partition coefficient (Wildman–Crippen LogP) is 8.58. The van der Waals surface area contributed by atoms with Gasteiger partial charge in [0.2, 0.25) is 0 Å². The minimum atomic E-state index is -4.84. The summed E-state index contributed by atoms with van der Waals surface area (Å²) in [7, 11) is 0. The molecule has 2 aliphatic heterocycles. The summed E-state index contributed by atoms with van der Waals surface area (Å²) in [4.78, 5) is 43.5. The molecule has 2 saturated heterocycles. The van der Waals surface area contributed by atoms with Crippen LogP contribution in [-0.2, 0) is 9.59 Å². The molecule has 2 amide bonds. The van der Waals surface area contributed by atoms with E-state index < -0.39 is 36.9 Å². The van der Waals surface area contributed by atoms with Crippen LogP contribution in [0, 0.1) is 13.8 Å². The zero-order chi connectivity index (χ0) is 53.7. The van der Waals surface area contributed by atoms with Crippen LogP contribution in [0.4, 0.5) is 49.4 Å². The maximum Gasteiger partial charge on any atom is 0.573 e. The van der Waals surface area contributed by atoms with E-state index in [0.29, 0.717) is 24.5 Å². The van der Waals surface area contributed by atoms with Gasteiger partial charge in [0.05, 0.1) is 29.3 Å². The third-order valence-corrected chi connectivity index (χ3v) is 12.4. The Morgan fingerprint density at radius 2 is 1.03 bits per heavy atom. The first-order valence-corrected chi connectivity index (χ1v) is 24.4. The Balaban J connectivity index is 0.000000219. The number of aliphatic hydroxyl groups is 2. The first-order valence-electron chi connectivity index (χ1n) is 24.1. The van der Waals surface area contributed by atoms with Gasteiger partial charge in [-0.05, 0) is 136 Å². The number of fused-ring (bicyclic) bond motifs is 2. The molecule has 6 aromatic rings. The summed E-state index contributed by atoms with van der Waals surface area (Å²) in [5.41, 5.74) is 4.81. The van der Waals surface area contributed by atoms with E-state index in [0.717, 1.165) is 134 Å². The molecule has 4 N–H and O–H groups in total. The van der Waals surface area contributed by atoms with Crippen LogP contribution in [0.3, 0.4) is 0 Å². The monoisotopic (exact) mass is 1070 g/mol. The van der Waals surface area contributed by atoms with E-state index >= 15 is 0 Å². The van der Waals surface area contributed by atoms with E-state index in [1.165, 1.54) is 18.2 Å². The highest BCUT2D eigenvalue weighted by Gasteiger charge is 2.32. The first-order chi connectivity index (χ1) is 35.8. The Morgan fingerprint density at radius 1 is 0.573 bits per heavy atom. The van der Waals surface area contributed by atoms with E-state index in [4.69, 9.17) is 31.0 Å². The minimum absolute atomic E-state index is 0.0513. The molecule has 402 valence electrons. The number of carbonyl (C=O) groups is 2. The number of β-amino-alcohol motifs (C(OH)–C–C–N with tert-alkyl or cyclic N) is 2. The topological polar surface area (TPSA) is 174 Å². The molecule has 0 atom stereocenters. The van der Waals surface area contributed by atoms with Crippen molar-refractivity contribution in [2.24, 2.45) is 0 Å². The van der Waals surface area contributed by atoms with Gasteiger partial charge in [-0.2, -0.15) is 0 Å². The molecular weight excluding hydrogens is 1010 g/mol. The zero-order valence-corrected chi connectivity index (χ0v) is 41.9. The highest BCUT2D eigenvalue weighted by atomic mass is 35.5. The molecule has 0 spiro atoms. The quantitative estimate of drug-likeness (QED) is 0.0679. The van der Waals surface area contributed by atoms with E-state index in [9.17, 15) is 46.1 Å². The van der Waals surface area contributed by atoms with Gasteiger partial charge in [-0.25, -0.2) is 9.97 Å². The Morgan fingerprint density at radius 3 is 1.49 bits per heavy atom. The van der Waals surface area contributed by atoms with Crippen molar-refractivity contribution in [2.45, 2.75) is 39.4 Å². The SMILES string of the molecule is Cc1cc(N2CCCN(CCO)CC2)nc2ccc(NC(=O)COc3ccc(OC(F)(F)F)cc3)cc12.Cc1cc(N2CCCN(CCO)CC2)nc2ccc(NC(=O)COc3ccc(OC(F)(F)F)cc3Cl)cc12. The number of aromatic nitrogens is 2. The van der Waals surface area contributed by atoms with Crippen molar-refractivity contribution in [3.8, 4) is 23.0 Å². The van der Waals surface area contributed by atoms with Crippen molar-refractivity contribution in [1.82, 2.24) is 19.8 Å². The number of alkyl halides is 6. The third-order valence-electron chi connectivity index (χ3n) is 12.2. The maximum absolute atomic E-state index is 12.4. The smallest absolute Gasteiger partial charge is 0.484 e. The molecule has 8 rings (SSSR count). The number of halogens is 7. The lowest BCUT2D eigenvalue weighted by Crippen LogP contribution is -2.32. The van der Waals surface area contributed by atoms with Crippen LogP contribution in [0.1, 0.15) is 24.0 Å². The second kappa shape index (κ2) is 25.6. The number of carbonyl (C=O) groups excluding carboxylic acids is 2. The fraction of sp³-hybridized carbons (Fsp3) is 0.385. The van der Waals surface area contributed by atoms with Gasteiger partial charge >= 0.3 is 12.7 Å². The number of benzene rings is 4. The molecule has 0 radical (unpaired) electrons. The summed E-state index contributed by atoms with van der Waals surface area (Å²) in [6.45, 7) is 12.0. The van der Waals surface area contributed by atoms with Crippen LogP contribution in [0.2, 0.25) is 5.02 Å². The number of rotatable bonds is 16. The standard InChI is InChI=1S/C26H28ClF3N4O4.C26H29F3N4O4/c1-17-13-24(34-8-2-7-33(9-10-34)11-12-35)32-22-5-3-18(14-20(17)22)31-25(36)16-37-23-6-4-19(15-21(23)27)38-26(28,29)30;1-18-15-24(33-10-2-9-32(11-12-33)13-14-34)31-23-8-3-19(16-22(18)23)30-25(35)17-36-20-4-6-21(7-5-20)37-26(27,28)29/h3-6,13-15,35H,2,7-12,16H2,1H3,(H,31,36);3-8,15-16,34H,2,9-14,17H2,1H3,(H,30,35). The number of aryl methyl sites for hydroxylation is 2. The summed E-state index contributed by atoms with van der Waals surface area (Å²) in [5, 5.41) is 25.6. The van der Waals surface area contributed by atoms with Crippen LogP contribution in [0.5, 0.6) is 23.0 Å². The molecule has 0 unspecified atom stereocenters.